The lowest BCUT2D eigenvalue weighted by atomic mass is 10.0. The van der Waals surface area contributed by atoms with E-state index in [-0.39, 0.29) is 0 Å². The fourth-order valence-electron chi connectivity index (χ4n) is 3.80. The van der Waals surface area contributed by atoms with Crippen molar-refractivity contribution in [2.24, 2.45) is 5.92 Å². The smallest absolute Gasteiger partial charge is 0.222 e. The number of hydrogen-bond acceptors (Lipinski definition) is 3. The third-order valence-corrected chi connectivity index (χ3v) is 5.34. The highest BCUT2D eigenvalue weighted by Gasteiger charge is 2.27. The first kappa shape index (κ1) is 15.5. The maximum atomic E-state index is 12.4. The molecule has 1 atom stereocenters. The highest BCUT2D eigenvalue weighted by molar-refractivity contribution is 5.76. The summed E-state index contributed by atoms with van der Waals surface area (Å²) in [6, 6.07) is 4.57. The van der Waals surface area contributed by atoms with E-state index in [0.717, 1.165) is 32.6 Å². The van der Waals surface area contributed by atoms with Crippen LogP contribution in [0.4, 0.5) is 0 Å². The molecule has 1 aliphatic heterocycles. The van der Waals surface area contributed by atoms with E-state index in [9.17, 15) is 4.79 Å². The number of hydrogen-bond donors (Lipinski definition) is 0. The summed E-state index contributed by atoms with van der Waals surface area (Å²) in [7, 11) is 0. The van der Waals surface area contributed by atoms with Gasteiger partial charge in [0.05, 0.1) is 0 Å². The third kappa shape index (κ3) is 3.67. The average molecular weight is 301 g/mol. The number of aromatic nitrogens is 1. The molecule has 22 heavy (non-hydrogen) atoms. The summed E-state index contributed by atoms with van der Waals surface area (Å²) in [6.45, 7) is 5.94. The fraction of sp³-hybridized carbons (Fsp3) is 0.667. The van der Waals surface area contributed by atoms with Gasteiger partial charge in [0.2, 0.25) is 5.91 Å². The Morgan fingerprint density at radius 1 is 1.18 bits per heavy atom. The Morgan fingerprint density at radius 3 is 2.45 bits per heavy atom. The minimum absolute atomic E-state index is 0.378. The lowest BCUT2D eigenvalue weighted by Crippen LogP contribution is -2.49. The molecule has 1 aliphatic carbocycles. The standard InChI is InChI=1S/C18H27N3O/c1-15(17-6-8-19-9-7-17)20-10-12-21(13-11-20)18(22)14-16-4-2-3-5-16/h6-9,15-16H,2-5,10-14H2,1H3/t15-/m1/s1. The number of amides is 1. The van der Waals surface area contributed by atoms with Gasteiger partial charge in [-0.25, -0.2) is 0 Å². The van der Waals surface area contributed by atoms with E-state index < -0.39 is 0 Å². The van der Waals surface area contributed by atoms with Crippen molar-refractivity contribution >= 4 is 5.91 Å². The van der Waals surface area contributed by atoms with Crippen LogP contribution in [-0.4, -0.2) is 46.9 Å². The van der Waals surface area contributed by atoms with Gasteiger partial charge in [0.15, 0.2) is 0 Å². The molecule has 0 aromatic carbocycles. The summed E-state index contributed by atoms with van der Waals surface area (Å²) < 4.78 is 0. The zero-order chi connectivity index (χ0) is 15.4. The lowest BCUT2D eigenvalue weighted by molar-refractivity contribution is -0.134. The molecule has 4 heteroatoms. The van der Waals surface area contributed by atoms with Crippen LogP contribution >= 0.6 is 0 Å². The van der Waals surface area contributed by atoms with Crippen LogP contribution in [0.15, 0.2) is 24.5 Å². The molecule has 2 heterocycles. The number of carbonyl (C=O) groups excluding carboxylic acids is 1. The normalized spacial score (nSPS) is 22.0. The van der Waals surface area contributed by atoms with Gasteiger partial charge in [0, 0.05) is 51.0 Å². The second-order valence-electron chi connectivity index (χ2n) is 6.73. The molecule has 1 amide bonds. The Kier molecular flexibility index (Phi) is 5.08. The second-order valence-corrected chi connectivity index (χ2v) is 6.73. The fourth-order valence-corrected chi connectivity index (χ4v) is 3.80. The van der Waals surface area contributed by atoms with Gasteiger partial charge in [-0.15, -0.1) is 0 Å². The van der Waals surface area contributed by atoms with Crippen LogP contribution in [0.1, 0.15) is 50.6 Å². The summed E-state index contributed by atoms with van der Waals surface area (Å²) in [4.78, 5) is 21.0. The van der Waals surface area contributed by atoms with Crippen LogP contribution < -0.4 is 0 Å². The quantitative estimate of drug-likeness (QED) is 0.858. The minimum atomic E-state index is 0.378. The molecule has 1 saturated carbocycles. The first-order chi connectivity index (χ1) is 10.7. The van der Waals surface area contributed by atoms with Crippen molar-refractivity contribution < 1.29 is 4.79 Å². The molecule has 4 nitrogen and oxygen atoms in total. The van der Waals surface area contributed by atoms with Gasteiger partial charge in [-0.1, -0.05) is 12.8 Å². The first-order valence-corrected chi connectivity index (χ1v) is 8.66. The van der Waals surface area contributed by atoms with Gasteiger partial charge in [0.1, 0.15) is 0 Å². The van der Waals surface area contributed by atoms with Crippen molar-refractivity contribution in [3.8, 4) is 0 Å². The zero-order valence-corrected chi connectivity index (χ0v) is 13.6. The van der Waals surface area contributed by atoms with Gasteiger partial charge in [0.25, 0.3) is 0 Å². The van der Waals surface area contributed by atoms with Crippen molar-refractivity contribution in [3.63, 3.8) is 0 Å². The van der Waals surface area contributed by atoms with E-state index >= 15 is 0 Å². The van der Waals surface area contributed by atoms with Gasteiger partial charge in [-0.2, -0.15) is 0 Å². The van der Waals surface area contributed by atoms with Crippen LogP contribution in [0.5, 0.6) is 0 Å². The Labute approximate surface area is 133 Å². The van der Waals surface area contributed by atoms with Crippen LogP contribution in [0.3, 0.4) is 0 Å². The molecule has 0 radical (unpaired) electrons. The van der Waals surface area contributed by atoms with Crippen LogP contribution in [-0.2, 0) is 4.79 Å². The molecule has 0 spiro atoms. The topological polar surface area (TPSA) is 36.4 Å². The number of rotatable bonds is 4. The molecule has 0 bridgehead atoms. The molecule has 0 unspecified atom stereocenters. The molecule has 1 aromatic rings. The Morgan fingerprint density at radius 2 is 1.82 bits per heavy atom. The van der Waals surface area contributed by atoms with Crippen LogP contribution in [0.25, 0.3) is 0 Å². The van der Waals surface area contributed by atoms with Crippen molar-refractivity contribution in [1.29, 1.82) is 0 Å². The van der Waals surface area contributed by atoms with Gasteiger partial charge in [-0.3, -0.25) is 14.7 Å². The maximum Gasteiger partial charge on any atom is 0.222 e. The van der Waals surface area contributed by atoms with Crippen molar-refractivity contribution in [2.45, 2.75) is 45.1 Å². The molecule has 2 fully saturated rings. The summed E-state index contributed by atoms with van der Waals surface area (Å²) in [5.74, 6) is 1.03. The predicted octanol–water partition coefficient (Wildman–Crippen LogP) is 2.87. The Bertz CT molecular complexity index is 476. The van der Waals surface area contributed by atoms with E-state index in [0.29, 0.717) is 17.9 Å². The van der Waals surface area contributed by atoms with E-state index in [1.54, 1.807) is 0 Å². The predicted molar refractivity (Wildman–Crippen MR) is 87.4 cm³/mol. The molecule has 3 rings (SSSR count). The Hall–Kier alpha value is -1.42. The van der Waals surface area contributed by atoms with Gasteiger partial charge in [-0.05, 0) is 43.4 Å². The van der Waals surface area contributed by atoms with Crippen molar-refractivity contribution in [3.05, 3.63) is 30.1 Å². The molecule has 0 N–H and O–H groups in total. The van der Waals surface area contributed by atoms with Gasteiger partial charge < -0.3 is 4.90 Å². The largest absolute Gasteiger partial charge is 0.340 e. The zero-order valence-electron chi connectivity index (χ0n) is 13.6. The third-order valence-electron chi connectivity index (χ3n) is 5.34. The SMILES string of the molecule is C[C@H](c1ccncc1)N1CCN(C(=O)CC2CCCC2)CC1. The lowest BCUT2D eigenvalue weighted by Gasteiger charge is -2.38. The van der Waals surface area contributed by atoms with E-state index in [4.69, 9.17) is 0 Å². The Balaban J connectivity index is 1.48. The molecule has 120 valence electrons. The summed E-state index contributed by atoms with van der Waals surface area (Å²) in [6.07, 6.45) is 9.63. The summed E-state index contributed by atoms with van der Waals surface area (Å²) in [5, 5.41) is 0. The second kappa shape index (κ2) is 7.23. The monoisotopic (exact) mass is 301 g/mol. The summed E-state index contributed by atoms with van der Waals surface area (Å²) >= 11 is 0. The molecule has 1 aromatic heterocycles. The van der Waals surface area contributed by atoms with Crippen LogP contribution in [0, 0.1) is 5.92 Å². The number of piperazine rings is 1. The van der Waals surface area contributed by atoms with Gasteiger partial charge >= 0.3 is 0 Å². The average Bonchev–Trinajstić information content (AvgIpc) is 3.08. The summed E-state index contributed by atoms with van der Waals surface area (Å²) in [5.41, 5.74) is 1.31. The highest BCUT2D eigenvalue weighted by atomic mass is 16.2. The number of pyridine rings is 1. The molecular formula is C18H27N3O. The maximum absolute atomic E-state index is 12.4. The minimum Gasteiger partial charge on any atom is -0.340 e. The highest BCUT2D eigenvalue weighted by Crippen LogP contribution is 2.28. The first-order valence-electron chi connectivity index (χ1n) is 8.66. The van der Waals surface area contributed by atoms with Crippen LogP contribution in [0.2, 0.25) is 0 Å². The number of nitrogens with zero attached hydrogens (tertiary/aromatic N) is 3. The molecule has 2 aliphatic rings. The number of carbonyl (C=O) groups is 1. The van der Waals surface area contributed by atoms with E-state index in [1.165, 1.54) is 31.2 Å². The molecule has 1 saturated heterocycles. The van der Waals surface area contributed by atoms with Crippen molar-refractivity contribution in [1.82, 2.24) is 14.8 Å². The van der Waals surface area contributed by atoms with E-state index in [2.05, 4.69) is 33.8 Å². The van der Waals surface area contributed by atoms with Crippen molar-refractivity contribution in [2.75, 3.05) is 26.2 Å². The van der Waals surface area contributed by atoms with E-state index in [1.807, 2.05) is 12.4 Å². The molecular weight excluding hydrogens is 274 g/mol.